The molecule has 0 bridgehead atoms. The largest absolute Gasteiger partial charge is 0.366 e. The van der Waals surface area contributed by atoms with Gasteiger partial charge in [-0.2, -0.15) is 0 Å². The lowest BCUT2D eigenvalue weighted by atomic mass is 10.1. The van der Waals surface area contributed by atoms with E-state index in [2.05, 4.69) is 51.4 Å². The van der Waals surface area contributed by atoms with Gasteiger partial charge in [0.25, 0.3) is 0 Å². The standard InChI is InChI=1S/C20H13ClIN2O/c21-13-7-8-15-18(10-13)24(11-12-3-1-4-14(22)9-12)17-6-2-5-16(19(15)17)20(23)25/h1-7,9-10H,11H2,(H2,23,25). The highest BCUT2D eigenvalue weighted by molar-refractivity contribution is 14.1. The molecule has 5 heteroatoms. The van der Waals surface area contributed by atoms with Crippen LogP contribution in [-0.2, 0) is 6.54 Å². The second kappa shape index (κ2) is 6.35. The van der Waals surface area contributed by atoms with Crippen LogP contribution in [0.15, 0.2) is 54.6 Å². The molecule has 123 valence electrons. The Hall–Kier alpha value is -2.05. The fourth-order valence-electron chi connectivity index (χ4n) is 3.22. The molecule has 0 aliphatic heterocycles. The van der Waals surface area contributed by atoms with Crippen molar-refractivity contribution in [1.29, 1.82) is 0 Å². The Labute approximate surface area is 163 Å². The zero-order valence-electron chi connectivity index (χ0n) is 13.1. The van der Waals surface area contributed by atoms with Crippen LogP contribution in [0.2, 0.25) is 5.02 Å². The van der Waals surface area contributed by atoms with Crippen molar-refractivity contribution < 1.29 is 4.79 Å². The Morgan fingerprint density at radius 1 is 1.16 bits per heavy atom. The van der Waals surface area contributed by atoms with Crippen LogP contribution in [0.3, 0.4) is 0 Å². The monoisotopic (exact) mass is 459 g/mol. The average molecular weight is 460 g/mol. The molecule has 0 saturated carbocycles. The van der Waals surface area contributed by atoms with Gasteiger partial charge in [0.1, 0.15) is 0 Å². The maximum Gasteiger partial charge on any atom is 0.249 e. The normalized spacial score (nSPS) is 11.3. The molecule has 0 fully saturated rings. The molecule has 2 N–H and O–H groups in total. The SMILES string of the molecule is NC(=O)c1cccc2c1c1[c]cc(Cl)cc1n2Cc1cccc(I)c1. The topological polar surface area (TPSA) is 48.0 Å². The van der Waals surface area contributed by atoms with Crippen LogP contribution in [-0.4, -0.2) is 10.5 Å². The van der Waals surface area contributed by atoms with Crippen LogP contribution in [0.4, 0.5) is 0 Å². The summed E-state index contributed by atoms with van der Waals surface area (Å²) in [5, 5.41) is 2.30. The molecule has 0 aliphatic rings. The average Bonchev–Trinajstić information content (AvgIpc) is 2.88. The Balaban J connectivity index is 2.06. The van der Waals surface area contributed by atoms with E-state index in [9.17, 15) is 4.79 Å². The number of halogens is 2. The Morgan fingerprint density at radius 2 is 1.96 bits per heavy atom. The number of primary amides is 1. The fourth-order valence-corrected chi connectivity index (χ4v) is 3.99. The number of carbonyl (C=O) groups is 1. The number of fused-ring (bicyclic) bond motifs is 3. The smallest absolute Gasteiger partial charge is 0.249 e. The molecule has 1 radical (unpaired) electrons. The molecule has 4 aromatic rings. The predicted octanol–water partition coefficient (Wildman–Crippen LogP) is 5.00. The van der Waals surface area contributed by atoms with Crippen molar-refractivity contribution in [3.05, 3.63) is 80.4 Å². The van der Waals surface area contributed by atoms with Crippen molar-refractivity contribution in [2.24, 2.45) is 5.73 Å². The van der Waals surface area contributed by atoms with Crippen LogP contribution < -0.4 is 5.73 Å². The van der Waals surface area contributed by atoms with Gasteiger partial charge in [-0.1, -0.05) is 29.8 Å². The maximum atomic E-state index is 11.9. The summed E-state index contributed by atoms with van der Waals surface area (Å²) in [4.78, 5) is 11.9. The zero-order valence-corrected chi connectivity index (χ0v) is 16.0. The fraction of sp³-hybridized carbons (Fsp3) is 0.0500. The molecule has 1 heterocycles. The van der Waals surface area contributed by atoms with E-state index in [0.717, 1.165) is 21.8 Å². The number of nitrogens with two attached hydrogens (primary N) is 1. The number of nitrogens with zero attached hydrogens (tertiary/aromatic N) is 1. The highest BCUT2D eigenvalue weighted by atomic mass is 127. The third kappa shape index (κ3) is 2.89. The molecule has 0 saturated heterocycles. The molecule has 0 unspecified atom stereocenters. The van der Waals surface area contributed by atoms with E-state index >= 15 is 0 Å². The molecule has 4 rings (SSSR count). The van der Waals surface area contributed by atoms with Gasteiger partial charge in [-0.05, 0) is 70.6 Å². The summed E-state index contributed by atoms with van der Waals surface area (Å²) in [6, 6.07) is 20.8. The zero-order chi connectivity index (χ0) is 17.6. The van der Waals surface area contributed by atoms with Gasteiger partial charge in [0.15, 0.2) is 0 Å². The summed E-state index contributed by atoms with van der Waals surface area (Å²) in [5.41, 5.74) is 9.16. The van der Waals surface area contributed by atoms with Gasteiger partial charge in [-0.25, -0.2) is 0 Å². The lowest BCUT2D eigenvalue weighted by Gasteiger charge is -2.09. The molecule has 1 aromatic heterocycles. The van der Waals surface area contributed by atoms with Gasteiger partial charge in [0.2, 0.25) is 5.91 Å². The summed E-state index contributed by atoms with van der Waals surface area (Å²) in [6.07, 6.45) is 0. The Bertz CT molecular complexity index is 1130. The number of hydrogen-bond donors (Lipinski definition) is 1. The number of rotatable bonds is 3. The second-order valence-electron chi connectivity index (χ2n) is 5.86. The van der Waals surface area contributed by atoms with Gasteiger partial charge in [0.05, 0.1) is 11.0 Å². The van der Waals surface area contributed by atoms with Crippen molar-refractivity contribution in [2.45, 2.75) is 6.54 Å². The van der Waals surface area contributed by atoms with E-state index in [4.69, 9.17) is 17.3 Å². The third-order valence-electron chi connectivity index (χ3n) is 4.25. The Kier molecular flexibility index (Phi) is 4.17. The third-order valence-corrected chi connectivity index (χ3v) is 5.14. The van der Waals surface area contributed by atoms with Crippen LogP contribution >= 0.6 is 34.2 Å². The van der Waals surface area contributed by atoms with Crippen molar-refractivity contribution >= 4 is 61.9 Å². The first-order valence-electron chi connectivity index (χ1n) is 7.71. The van der Waals surface area contributed by atoms with E-state index in [1.807, 2.05) is 24.3 Å². The number of hydrogen-bond acceptors (Lipinski definition) is 1. The lowest BCUT2D eigenvalue weighted by molar-refractivity contribution is 0.100. The van der Waals surface area contributed by atoms with Gasteiger partial charge >= 0.3 is 0 Å². The van der Waals surface area contributed by atoms with Crippen molar-refractivity contribution in [3.8, 4) is 0 Å². The molecule has 0 atom stereocenters. The quantitative estimate of drug-likeness (QED) is 0.431. The summed E-state index contributed by atoms with van der Waals surface area (Å²) in [7, 11) is 0. The van der Waals surface area contributed by atoms with Crippen molar-refractivity contribution in [2.75, 3.05) is 0 Å². The Morgan fingerprint density at radius 3 is 2.72 bits per heavy atom. The predicted molar refractivity (Wildman–Crippen MR) is 110 cm³/mol. The van der Waals surface area contributed by atoms with Gasteiger partial charge < -0.3 is 10.3 Å². The first kappa shape index (κ1) is 16.4. The van der Waals surface area contributed by atoms with E-state index in [-0.39, 0.29) is 0 Å². The minimum absolute atomic E-state index is 0.442. The number of carbonyl (C=O) groups excluding carboxylic acids is 1. The van der Waals surface area contributed by atoms with Crippen molar-refractivity contribution in [1.82, 2.24) is 4.57 Å². The minimum atomic E-state index is -0.442. The van der Waals surface area contributed by atoms with E-state index in [0.29, 0.717) is 17.1 Å². The summed E-state index contributed by atoms with van der Waals surface area (Å²) in [5.74, 6) is -0.442. The second-order valence-corrected chi connectivity index (χ2v) is 7.54. The lowest BCUT2D eigenvalue weighted by Crippen LogP contribution is -2.11. The van der Waals surface area contributed by atoms with Gasteiger partial charge in [-0.3, -0.25) is 4.79 Å². The molecule has 3 nitrogen and oxygen atoms in total. The summed E-state index contributed by atoms with van der Waals surface area (Å²) in [6.45, 7) is 0.674. The molecule has 3 aromatic carbocycles. The summed E-state index contributed by atoms with van der Waals surface area (Å²) < 4.78 is 3.34. The highest BCUT2D eigenvalue weighted by Gasteiger charge is 2.17. The molecule has 1 amide bonds. The van der Waals surface area contributed by atoms with Gasteiger partial charge in [0, 0.05) is 31.5 Å². The van der Waals surface area contributed by atoms with Gasteiger partial charge in [-0.15, -0.1) is 0 Å². The number of aromatic nitrogens is 1. The van der Waals surface area contributed by atoms with E-state index in [1.54, 1.807) is 12.1 Å². The number of amides is 1. The van der Waals surface area contributed by atoms with Crippen LogP contribution in [0.5, 0.6) is 0 Å². The molecule has 0 aliphatic carbocycles. The molecule has 25 heavy (non-hydrogen) atoms. The molecular weight excluding hydrogens is 447 g/mol. The summed E-state index contributed by atoms with van der Waals surface area (Å²) >= 11 is 8.52. The molecule has 0 spiro atoms. The first-order chi connectivity index (χ1) is 12.0. The van der Waals surface area contributed by atoms with Crippen LogP contribution in [0.25, 0.3) is 21.8 Å². The van der Waals surface area contributed by atoms with Crippen molar-refractivity contribution in [3.63, 3.8) is 0 Å². The van der Waals surface area contributed by atoms with Crippen LogP contribution in [0, 0.1) is 9.64 Å². The van der Waals surface area contributed by atoms with E-state index < -0.39 is 5.91 Å². The van der Waals surface area contributed by atoms with E-state index in [1.165, 1.54) is 9.13 Å². The minimum Gasteiger partial charge on any atom is -0.366 e. The number of benzene rings is 3. The van der Waals surface area contributed by atoms with Crippen LogP contribution in [0.1, 0.15) is 15.9 Å². The highest BCUT2D eigenvalue weighted by Crippen LogP contribution is 2.33. The first-order valence-corrected chi connectivity index (χ1v) is 9.16. The maximum absolute atomic E-state index is 11.9. The molecular formula is C20H13ClIN2O.